The highest BCUT2D eigenvalue weighted by atomic mass is 16.3. The Bertz CT molecular complexity index is 515. The van der Waals surface area contributed by atoms with Gasteiger partial charge in [0.1, 0.15) is 0 Å². The number of nitrogens with zero attached hydrogens (tertiary/aromatic N) is 1. The molecule has 0 saturated heterocycles. The summed E-state index contributed by atoms with van der Waals surface area (Å²) in [6.07, 6.45) is 3.29. The van der Waals surface area contributed by atoms with Crippen molar-refractivity contribution < 1.29 is 9.90 Å². The van der Waals surface area contributed by atoms with Gasteiger partial charge in [-0.1, -0.05) is 0 Å². The van der Waals surface area contributed by atoms with Gasteiger partial charge in [0.2, 0.25) is 5.91 Å². The Balaban J connectivity index is 1.77. The van der Waals surface area contributed by atoms with Crippen LogP contribution in [0.5, 0.6) is 5.75 Å². The Labute approximate surface area is 112 Å². The Morgan fingerprint density at radius 2 is 2.16 bits per heavy atom. The first kappa shape index (κ1) is 12.4. The fourth-order valence-corrected chi connectivity index (χ4v) is 3.57. The number of pyridine rings is 1. The number of hydrogen-bond donors (Lipinski definition) is 3. The van der Waals surface area contributed by atoms with Gasteiger partial charge in [0.05, 0.1) is 5.92 Å². The summed E-state index contributed by atoms with van der Waals surface area (Å²) in [5.74, 6) is 0.871. The molecule has 0 spiro atoms. The second-order valence-corrected chi connectivity index (χ2v) is 5.75. The molecule has 2 fully saturated rings. The van der Waals surface area contributed by atoms with Gasteiger partial charge in [-0.25, -0.2) is 4.98 Å². The van der Waals surface area contributed by atoms with Gasteiger partial charge >= 0.3 is 0 Å². The number of hydrogen-bond acceptors (Lipinski definition) is 4. The summed E-state index contributed by atoms with van der Waals surface area (Å²) in [7, 11) is 0. The number of aromatic nitrogens is 1. The van der Waals surface area contributed by atoms with Crippen LogP contribution in [-0.4, -0.2) is 22.0 Å². The van der Waals surface area contributed by atoms with Crippen LogP contribution in [-0.2, 0) is 4.79 Å². The fourth-order valence-electron chi connectivity index (χ4n) is 3.57. The molecule has 19 heavy (non-hydrogen) atoms. The average molecular weight is 261 g/mol. The lowest BCUT2D eigenvalue weighted by Crippen LogP contribution is -2.42. The summed E-state index contributed by atoms with van der Waals surface area (Å²) >= 11 is 0. The molecule has 1 aromatic rings. The third-order valence-electron chi connectivity index (χ3n) is 4.54. The van der Waals surface area contributed by atoms with Gasteiger partial charge in [-0.15, -0.1) is 0 Å². The molecule has 2 bridgehead atoms. The number of carbonyl (C=O) groups is 1. The number of amides is 1. The minimum atomic E-state index is -0.138. The van der Waals surface area contributed by atoms with E-state index in [-0.39, 0.29) is 29.4 Å². The number of aryl methyl sites for hydroxylation is 1. The van der Waals surface area contributed by atoms with Crippen molar-refractivity contribution in [2.24, 2.45) is 23.5 Å². The van der Waals surface area contributed by atoms with Crippen LogP contribution in [0.1, 0.15) is 25.0 Å². The predicted molar refractivity (Wildman–Crippen MR) is 71.6 cm³/mol. The zero-order chi connectivity index (χ0) is 13.6. The van der Waals surface area contributed by atoms with Gasteiger partial charge < -0.3 is 16.2 Å². The van der Waals surface area contributed by atoms with Crippen LogP contribution in [0, 0.1) is 24.7 Å². The van der Waals surface area contributed by atoms with E-state index in [4.69, 9.17) is 5.73 Å². The lowest BCUT2D eigenvalue weighted by Gasteiger charge is -2.26. The maximum atomic E-state index is 12.3. The first-order chi connectivity index (χ1) is 9.06. The SMILES string of the molecule is Cc1ccc(O)c(NC(=O)C2C3CCC(C3)C2N)n1. The molecule has 4 atom stereocenters. The van der Waals surface area contributed by atoms with Crippen LogP contribution in [0.4, 0.5) is 5.82 Å². The summed E-state index contributed by atoms with van der Waals surface area (Å²) in [5, 5.41) is 12.4. The normalized spacial score (nSPS) is 32.5. The van der Waals surface area contributed by atoms with E-state index in [0.29, 0.717) is 11.8 Å². The van der Waals surface area contributed by atoms with Crippen molar-refractivity contribution in [3.05, 3.63) is 17.8 Å². The number of nitrogens with two attached hydrogens (primary N) is 1. The lowest BCUT2D eigenvalue weighted by atomic mass is 9.84. The third-order valence-corrected chi connectivity index (χ3v) is 4.54. The quantitative estimate of drug-likeness (QED) is 0.751. The van der Waals surface area contributed by atoms with Crippen molar-refractivity contribution in [1.29, 1.82) is 0 Å². The van der Waals surface area contributed by atoms with Crippen LogP contribution in [0.25, 0.3) is 0 Å². The third kappa shape index (κ3) is 2.08. The van der Waals surface area contributed by atoms with Crippen molar-refractivity contribution in [3.63, 3.8) is 0 Å². The maximum absolute atomic E-state index is 12.3. The zero-order valence-corrected chi connectivity index (χ0v) is 11.0. The molecule has 2 aliphatic carbocycles. The first-order valence-electron chi connectivity index (χ1n) is 6.79. The van der Waals surface area contributed by atoms with E-state index < -0.39 is 0 Å². The van der Waals surface area contributed by atoms with Gasteiger partial charge in [-0.05, 0) is 50.2 Å². The number of anilines is 1. The molecule has 1 aromatic heterocycles. The summed E-state index contributed by atoms with van der Waals surface area (Å²) < 4.78 is 0. The van der Waals surface area contributed by atoms with E-state index in [1.54, 1.807) is 12.1 Å². The van der Waals surface area contributed by atoms with Crippen molar-refractivity contribution in [2.75, 3.05) is 5.32 Å². The molecule has 0 aliphatic heterocycles. The Kier molecular flexibility index (Phi) is 2.93. The Morgan fingerprint density at radius 3 is 2.84 bits per heavy atom. The highest BCUT2D eigenvalue weighted by molar-refractivity contribution is 5.93. The van der Waals surface area contributed by atoms with E-state index in [2.05, 4.69) is 10.3 Å². The molecule has 2 aliphatic rings. The molecule has 102 valence electrons. The molecule has 0 aromatic carbocycles. The topological polar surface area (TPSA) is 88.2 Å². The summed E-state index contributed by atoms with van der Waals surface area (Å²) in [4.78, 5) is 16.5. The minimum Gasteiger partial charge on any atom is -0.504 e. The standard InChI is InChI=1S/C14H19N3O2/c1-7-2-5-10(18)13(16-7)17-14(19)11-8-3-4-9(6-8)12(11)15/h2,5,8-9,11-12,18H,3-4,6,15H2,1H3,(H,16,17,19). The minimum absolute atomic E-state index is 0.00400. The van der Waals surface area contributed by atoms with Gasteiger partial charge in [0, 0.05) is 11.7 Å². The second-order valence-electron chi connectivity index (χ2n) is 5.75. The number of aromatic hydroxyl groups is 1. The lowest BCUT2D eigenvalue weighted by molar-refractivity contribution is -0.121. The van der Waals surface area contributed by atoms with Crippen molar-refractivity contribution >= 4 is 11.7 Å². The molecule has 1 amide bonds. The van der Waals surface area contributed by atoms with Crippen molar-refractivity contribution in [2.45, 2.75) is 32.2 Å². The number of carbonyl (C=O) groups excluding carboxylic acids is 1. The zero-order valence-electron chi connectivity index (χ0n) is 11.0. The van der Waals surface area contributed by atoms with E-state index in [0.717, 1.165) is 25.0 Å². The van der Waals surface area contributed by atoms with Crippen molar-refractivity contribution in [3.8, 4) is 5.75 Å². The van der Waals surface area contributed by atoms with Gasteiger partial charge in [0.25, 0.3) is 0 Å². The second kappa shape index (κ2) is 4.49. The van der Waals surface area contributed by atoms with E-state index in [1.165, 1.54) is 0 Å². The molecular weight excluding hydrogens is 242 g/mol. The molecule has 4 unspecified atom stereocenters. The van der Waals surface area contributed by atoms with Crippen LogP contribution >= 0.6 is 0 Å². The highest BCUT2D eigenvalue weighted by Gasteiger charge is 2.49. The van der Waals surface area contributed by atoms with Crippen LogP contribution in [0.15, 0.2) is 12.1 Å². The summed E-state index contributed by atoms with van der Waals surface area (Å²) in [6.45, 7) is 1.82. The van der Waals surface area contributed by atoms with Crippen LogP contribution < -0.4 is 11.1 Å². The number of nitrogens with one attached hydrogen (secondary N) is 1. The first-order valence-corrected chi connectivity index (χ1v) is 6.79. The van der Waals surface area contributed by atoms with E-state index in [1.807, 2.05) is 6.92 Å². The molecule has 3 rings (SSSR count). The Morgan fingerprint density at radius 1 is 1.42 bits per heavy atom. The number of rotatable bonds is 2. The molecule has 4 N–H and O–H groups in total. The predicted octanol–water partition coefficient (Wildman–Crippen LogP) is 1.41. The monoisotopic (exact) mass is 261 g/mol. The smallest absolute Gasteiger partial charge is 0.230 e. The molecule has 5 nitrogen and oxygen atoms in total. The van der Waals surface area contributed by atoms with E-state index in [9.17, 15) is 9.90 Å². The van der Waals surface area contributed by atoms with Gasteiger partial charge in [-0.3, -0.25) is 4.79 Å². The molecular formula is C14H19N3O2. The highest BCUT2D eigenvalue weighted by Crippen LogP contribution is 2.48. The largest absolute Gasteiger partial charge is 0.504 e. The molecule has 1 heterocycles. The van der Waals surface area contributed by atoms with Gasteiger partial charge in [-0.2, -0.15) is 0 Å². The van der Waals surface area contributed by atoms with Crippen molar-refractivity contribution in [1.82, 2.24) is 4.98 Å². The number of fused-ring (bicyclic) bond motifs is 2. The Hall–Kier alpha value is -1.62. The maximum Gasteiger partial charge on any atom is 0.230 e. The van der Waals surface area contributed by atoms with E-state index >= 15 is 0 Å². The van der Waals surface area contributed by atoms with Crippen LogP contribution in [0.2, 0.25) is 0 Å². The van der Waals surface area contributed by atoms with Crippen LogP contribution in [0.3, 0.4) is 0 Å². The van der Waals surface area contributed by atoms with Gasteiger partial charge in [0.15, 0.2) is 11.6 Å². The molecule has 0 radical (unpaired) electrons. The molecule has 5 heteroatoms. The average Bonchev–Trinajstić information content (AvgIpc) is 2.94. The fraction of sp³-hybridized carbons (Fsp3) is 0.571. The molecule has 2 saturated carbocycles. The summed E-state index contributed by atoms with van der Waals surface area (Å²) in [5.41, 5.74) is 6.90. The summed E-state index contributed by atoms with van der Waals surface area (Å²) in [6, 6.07) is 3.19.